The van der Waals surface area contributed by atoms with Crippen molar-refractivity contribution in [1.29, 1.82) is 0 Å². The lowest BCUT2D eigenvalue weighted by molar-refractivity contribution is -0.124. The molecule has 2 aromatic heterocycles. The fraction of sp³-hybridized carbons (Fsp3) is 0.533. The number of carbonyl (C=O) groups is 1. The lowest BCUT2D eigenvalue weighted by Gasteiger charge is -2.12. The monoisotopic (exact) mass is 323 g/mol. The van der Waals surface area contributed by atoms with E-state index in [1.54, 1.807) is 17.1 Å². The number of aromatic nitrogens is 4. The van der Waals surface area contributed by atoms with E-state index in [0.29, 0.717) is 18.1 Å². The summed E-state index contributed by atoms with van der Waals surface area (Å²) in [6, 6.07) is 2.05. The number of carbonyl (C=O) groups excluding carboxylic acids is 1. The van der Waals surface area contributed by atoms with Crippen LogP contribution in [0, 0.1) is 19.8 Å². The maximum atomic E-state index is 12.0. The van der Waals surface area contributed by atoms with Gasteiger partial charge in [0.15, 0.2) is 0 Å². The molecule has 0 aromatic carbocycles. The van der Waals surface area contributed by atoms with Gasteiger partial charge in [-0.05, 0) is 26.3 Å². The molecular formula is C15H22ClN5O. The Morgan fingerprint density at radius 1 is 1.45 bits per heavy atom. The van der Waals surface area contributed by atoms with Gasteiger partial charge in [0, 0.05) is 25.0 Å². The molecular weight excluding hydrogens is 302 g/mol. The first-order valence-electron chi connectivity index (χ1n) is 7.42. The Labute approximate surface area is 135 Å². The van der Waals surface area contributed by atoms with Crippen LogP contribution in [0.15, 0.2) is 18.5 Å². The number of amides is 1. The fourth-order valence-corrected chi connectivity index (χ4v) is 2.47. The third-order valence-electron chi connectivity index (χ3n) is 3.46. The number of hydrogen-bond acceptors (Lipinski definition) is 3. The Hall–Kier alpha value is -1.82. The van der Waals surface area contributed by atoms with Gasteiger partial charge < -0.3 is 5.32 Å². The first-order valence-corrected chi connectivity index (χ1v) is 7.80. The summed E-state index contributed by atoms with van der Waals surface area (Å²) in [4.78, 5) is 12.0. The van der Waals surface area contributed by atoms with Crippen LogP contribution in [0.2, 0.25) is 5.02 Å². The maximum absolute atomic E-state index is 12.0. The largest absolute Gasteiger partial charge is 0.356 e. The van der Waals surface area contributed by atoms with Crippen molar-refractivity contribution in [2.45, 2.75) is 40.3 Å². The SMILES string of the molecule is Cc1cc(C)n(CCCNC(=O)C(C)Cn2cc(Cl)cn2)n1. The molecule has 6 nitrogen and oxygen atoms in total. The van der Waals surface area contributed by atoms with Gasteiger partial charge in [-0.25, -0.2) is 0 Å². The van der Waals surface area contributed by atoms with Crippen molar-refractivity contribution >= 4 is 17.5 Å². The molecule has 22 heavy (non-hydrogen) atoms. The van der Waals surface area contributed by atoms with Gasteiger partial charge in [0.05, 0.1) is 29.4 Å². The number of nitrogens with one attached hydrogen (secondary N) is 1. The van der Waals surface area contributed by atoms with Crippen LogP contribution >= 0.6 is 11.6 Å². The van der Waals surface area contributed by atoms with E-state index in [4.69, 9.17) is 11.6 Å². The summed E-state index contributed by atoms with van der Waals surface area (Å²) in [6.07, 6.45) is 4.14. The first kappa shape index (κ1) is 16.5. The molecule has 1 unspecified atom stereocenters. The van der Waals surface area contributed by atoms with Crippen molar-refractivity contribution in [3.05, 3.63) is 34.9 Å². The molecule has 7 heteroatoms. The zero-order valence-electron chi connectivity index (χ0n) is 13.2. The van der Waals surface area contributed by atoms with E-state index in [0.717, 1.165) is 24.4 Å². The van der Waals surface area contributed by atoms with Gasteiger partial charge in [0.1, 0.15) is 0 Å². The lowest BCUT2D eigenvalue weighted by Crippen LogP contribution is -2.32. The second-order valence-corrected chi connectivity index (χ2v) is 6.01. The molecule has 0 bridgehead atoms. The number of nitrogens with zero attached hydrogens (tertiary/aromatic N) is 4. The summed E-state index contributed by atoms with van der Waals surface area (Å²) < 4.78 is 3.65. The average Bonchev–Trinajstić information content (AvgIpc) is 3.00. The zero-order chi connectivity index (χ0) is 16.1. The van der Waals surface area contributed by atoms with Crippen molar-refractivity contribution in [2.75, 3.05) is 6.54 Å². The molecule has 120 valence electrons. The highest BCUT2D eigenvalue weighted by Crippen LogP contribution is 2.07. The predicted molar refractivity (Wildman–Crippen MR) is 85.7 cm³/mol. The second-order valence-electron chi connectivity index (χ2n) is 5.58. The molecule has 0 fully saturated rings. The van der Waals surface area contributed by atoms with E-state index < -0.39 is 0 Å². The Morgan fingerprint density at radius 2 is 2.23 bits per heavy atom. The minimum atomic E-state index is -0.148. The lowest BCUT2D eigenvalue weighted by atomic mass is 10.1. The van der Waals surface area contributed by atoms with E-state index in [2.05, 4.69) is 21.6 Å². The van der Waals surface area contributed by atoms with E-state index in [-0.39, 0.29) is 11.8 Å². The summed E-state index contributed by atoms with van der Waals surface area (Å²) in [7, 11) is 0. The van der Waals surface area contributed by atoms with Crippen LogP contribution in [0.1, 0.15) is 24.7 Å². The van der Waals surface area contributed by atoms with E-state index >= 15 is 0 Å². The molecule has 0 spiro atoms. The smallest absolute Gasteiger partial charge is 0.224 e. The summed E-state index contributed by atoms with van der Waals surface area (Å²) >= 11 is 5.81. The zero-order valence-corrected chi connectivity index (χ0v) is 14.0. The molecule has 0 aliphatic rings. The minimum Gasteiger partial charge on any atom is -0.356 e. The molecule has 0 aliphatic carbocycles. The van der Waals surface area contributed by atoms with Crippen LogP contribution in [-0.4, -0.2) is 32.0 Å². The quantitative estimate of drug-likeness (QED) is 0.794. The number of halogens is 1. The van der Waals surface area contributed by atoms with Gasteiger partial charge in [-0.15, -0.1) is 0 Å². The molecule has 0 saturated carbocycles. The molecule has 1 atom stereocenters. The molecule has 0 aliphatic heterocycles. The highest BCUT2D eigenvalue weighted by atomic mass is 35.5. The average molecular weight is 324 g/mol. The van der Waals surface area contributed by atoms with Crippen LogP contribution in [-0.2, 0) is 17.9 Å². The third kappa shape index (κ3) is 4.59. The number of rotatable bonds is 7. The van der Waals surface area contributed by atoms with Gasteiger partial charge in [-0.1, -0.05) is 18.5 Å². The molecule has 1 amide bonds. The van der Waals surface area contributed by atoms with Crippen LogP contribution in [0.3, 0.4) is 0 Å². The van der Waals surface area contributed by atoms with E-state index in [9.17, 15) is 4.79 Å². The second kappa shape index (κ2) is 7.45. The molecule has 0 saturated heterocycles. The van der Waals surface area contributed by atoms with Gasteiger partial charge in [0.2, 0.25) is 5.91 Å². The van der Waals surface area contributed by atoms with E-state index in [1.165, 1.54) is 0 Å². The Balaban J connectivity index is 1.70. The Morgan fingerprint density at radius 3 is 2.82 bits per heavy atom. The highest BCUT2D eigenvalue weighted by molar-refractivity contribution is 6.30. The fourth-order valence-electron chi connectivity index (χ4n) is 2.32. The Bertz CT molecular complexity index is 634. The third-order valence-corrected chi connectivity index (χ3v) is 3.65. The van der Waals surface area contributed by atoms with Gasteiger partial charge in [-0.3, -0.25) is 14.2 Å². The van der Waals surface area contributed by atoms with Crippen molar-refractivity contribution in [3.63, 3.8) is 0 Å². The molecule has 2 rings (SSSR count). The highest BCUT2D eigenvalue weighted by Gasteiger charge is 2.13. The van der Waals surface area contributed by atoms with Gasteiger partial charge in [-0.2, -0.15) is 10.2 Å². The minimum absolute atomic E-state index is 0.0278. The summed E-state index contributed by atoms with van der Waals surface area (Å²) in [6.45, 7) is 7.87. The number of hydrogen-bond donors (Lipinski definition) is 1. The van der Waals surface area contributed by atoms with Crippen LogP contribution in [0.4, 0.5) is 0 Å². The standard InChI is InChI=1S/C15H22ClN5O/c1-11(9-20-10-14(16)8-18-20)15(22)17-5-4-6-21-13(3)7-12(2)19-21/h7-8,10-11H,4-6,9H2,1-3H3,(H,17,22). The van der Waals surface area contributed by atoms with Crippen molar-refractivity contribution in [3.8, 4) is 0 Å². The molecule has 0 radical (unpaired) electrons. The summed E-state index contributed by atoms with van der Waals surface area (Å²) in [5, 5.41) is 12.0. The maximum Gasteiger partial charge on any atom is 0.224 e. The summed E-state index contributed by atoms with van der Waals surface area (Å²) in [5.41, 5.74) is 2.17. The van der Waals surface area contributed by atoms with Gasteiger partial charge >= 0.3 is 0 Å². The van der Waals surface area contributed by atoms with Crippen LogP contribution in [0.25, 0.3) is 0 Å². The molecule has 2 heterocycles. The Kier molecular flexibility index (Phi) is 5.60. The van der Waals surface area contributed by atoms with Crippen LogP contribution in [0.5, 0.6) is 0 Å². The van der Waals surface area contributed by atoms with Crippen molar-refractivity contribution in [1.82, 2.24) is 24.9 Å². The van der Waals surface area contributed by atoms with E-state index in [1.807, 2.05) is 25.5 Å². The molecule has 2 aromatic rings. The van der Waals surface area contributed by atoms with Gasteiger partial charge in [0.25, 0.3) is 0 Å². The predicted octanol–water partition coefficient (Wildman–Crippen LogP) is 2.19. The molecule has 1 N–H and O–H groups in total. The van der Waals surface area contributed by atoms with Crippen molar-refractivity contribution in [2.24, 2.45) is 5.92 Å². The normalized spacial score (nSPS) is 12.4. The van der Waals surface area contributed by atoms with Crippen LogP contribution < -0.4 is 5.32 Å². The first-order chi connectivity index (χ1) is 10.5. The van der Waals surface area contributed by atoms with Crippen molar-refractivity contribution < 1.29 is 4.79 Å². The summed E-state index contributed by atoms with van der Waals surface area (Å²) in [5.74, 6) is -0.121. The number of aryl methyl sites for hydroxylation is 3. The topological polar surface area (TPSA) is 64.7 Å².